The van der Waals surface area contributed by atoms with E-state index < -0.39 is 6.09 Å². The van der Waals surface area contributed by atoms with Gasteiger partial charge in [-0.15, -0.1) is 0 Å². The number of rotatable bonds is 4. The van der Waals surface area contributed by atoms with Crippen LogP contribution in [0.4, 0.5) is 9.18 Å². The average molecular weight is 550 g/mol. The van der Waals surface area contributed by atoms with E-state index >= 15 is 0 Å². The van der Waals surface area contributed by atoms with Gasteiger partial charge >= 0.3 is 6.09 Å². The van der Waals surface area contributed by atoms with Gasteiger partial charge in [0.15, 0.2) is 5.69 Å². The molecule has 202 valence electrons. The topological polar surface area (TPSA) is 79.7 Å². The zero-order chi connectivity index (χ0) is 27.1. The fourth-order valence-electron chi connectivity index (χ4n) is 6.06. The fraction of sp³-hybridized carbons (Fsp3) is 0.345. The molecule has 39 heavy (non-hydrogen) atoms. The van der Waals surface area contributed by atoms with Crippen molar-refractivity contribution in [2.24, 2.45) is 11.8 Å². The first kappa shape index (κ1) is 25.6. The number of methoxy groups -OCH3 is 1. The van der Waals surface area contributed by atoms with E-state index in [1.165, 1.54) is 43.4 Å². The molecule has 1 aliphatic carbocycles. The van der Waals surface area contributed by atoms with Gasteiger partial charge in [-0.3, -0.25) is 15.1 Å². The maximum absolute atomic E-state index is 13.7. The van der Waals surface area contributed by atoms with Crippen LogP contribution < -0.4 is 5.43 Å². The first-order valence-electron chi connectivity index (χ1n) is 13.1. The summed E-state index contributed by atoms with van der Waals surface area (Å²) in [6.07, 6.45) is 5.02. The second kappa shape index (κ2) is 10.5. The van der Waals surface area contributed by atoms with Gasteiger partial charge in [-0.1, -0.05) is 30.2 Å². The number of fused-ring (bicyclic) bond motifs is 2. The van der Waals surface area contributed by atoms with Crippen molar-refractivity contribution in [1.82, 2.24) is 25.1 Å². The lowest BCUT2D eigenvalue weighted by atomic mass is 9.97. The Kier molecular flexibility index (Phi) is 6.86. The van der Waals surface area contributed by atoms with Crippen molar-refractivity contribution in [3.8, 4) is 5.69 Å². The Balaban J connectivity index is 1.44. The molecule has 2 aliphatic heterocycles. The summed E-state index contributed by atoms with van der Waals surface area (Å²) in [4.78, 5) is 27.9. The molecule has 2 unspecified atom stereocenters. The molecular weight excluding hydrogens is 521 g/mol. The van der Waals surface area contributed by atoms with E-state index in [0.29, 0.717) is 28.1 Å². The van der Waals surface area contributed by atoms with Gasteiger partial charge in [-0.05, 0) is 78.3 Å². The number of hydrazine groups is 1. The molecule has 1 N–H and O–H groups in total. The van der Waals surface area contributed by atoms with Crippen molar-refractivity contribution in [1.29, 1.82) is 0 Å². The minimum absolute atomic E-state index is 0.157. The highest BCUT2D eigenvalue weighted by Gasteiger charge is 2.38. The minimum Gasteiger partial charge on any atom is -0.453 e. The molecule has 2 amide bonds. The summed E-state index contributed by atoms with van der Waals surface area (Å²) in [5, 5.41) is 7.37. The third kappa shape index (κ3) is 5.04. The molecule has 2 aromatic carbocycles. The summed E-state index contributed by atoms with van der Waals surface area (Å²) in [7, 11) is 1.33. The zero-order valence-electron chi connectivity index (χ0n) is 21.6. The van der Waals surface area contributed by atoms with E-state index in [1.807, 2.05) is 23.2 Å². The second-order valence-electron chi connectivity index (χ2n) is 10.4. The molecule has 3 aliphatic rings. The van der Waals surface area contributed by atoms with Crippen molar-refractivity contribution in [3.63, 3.8) is 0 Å². The predicted octanol–water partition coefficient (Wildman–Crippen LogP) is 5.16. The van der Waals surface area contributed by atoms with Crippen LogP contribution in [0, 0.1) is 17.7 Å². The first-order chi connectivity index (χ1) is 18.9. The Bertz CT molecular complexity index is 1420. The molecule has 10 heteroatoms. The van der Waals surface area contributed by atoms with Crippen LogP contribution in [0.5, 0.6) is 0 Å². The molecule has 3 aromatic rings. The van der Waals surface area contributed by atoms with Gasteiger partial charge < -0.3 is 4.74 Å². The molecule has 3 heterocycles. The second-order valence-corrected chi connectivity index (χ2v) is 10.8. The number of aromatic nitrogens is 2. The van der Waals surface area contributed by atoms with Crippen molar-refractivity contribution < 1.29 is 18.7 Å². The quantitative estimate of drug-likeness (QED) is 0.486. The summed E-state index contributed by atoms with van der Waals surface area (Å²) in [6, 6.07) is 13.3. The zero-order valence-corrected chi connectivity index (χ0v) is 22.3. The third-order valence-corrected chi connectivity index (χ3v) is 8.17. The number of ether oxygens (including phenoxy) is 1. The number of hydrogen-bond donors (Lipinski definition) is 1. The SMILES string of the molecule is COC(=O)N1C/C(=C\c2ccc(F)cc2)c2c(c(C(=O)NN3CC4CCCC4C3)nn2-c2ccc(Cl)cc2)C1. The lowest BCUT2D eigenvalue weighted by molar-refractivity contribution is 0.0805. The Labute approximate surface area is 230 Å². The first-order valence-corrected chi connectivity index (χ1v) is 13.5. The van der Waals surface area contributed by atoms with Crippen LogP contribution in [0.3, 0.4) is 0 Å². The number of halogens is 2. The van der Waals surface area contributed by atoms with E-state index in [1.54, 1.807) is 28.9 Å². The number of carbonyl (C=O) groups is 2. The predicted molar refractivity (Wildman–Crippen MR) is 146 cm³/mol. The smallest absolute Gasteiger partial charge is 0.410 e. The highest BCUT2D eigenvalue weighted by atomic mass is 35.5. The summed E-state index contributed by atoms with van der Waals surface area (Å²) in [5.74, 6) is 0.581. The van der Waals surface area contributed by atoms with E-state index in [2.05, 4.69) is 5.43 Å². The van der Waals surface area contributed by atoms with Crippen LogP contribution >= 0.6 is 11.6 Å². The number of nitrogens with zero attached hydrogens (tertiary/aromatic N) is 4. The highest BCUT2D eigenvalue weighted by Crippen LogP contribution is 2.38. The van der Waals surface area contributed by atoms with Crippen molar-refractivity contribution in [2.75, 3.05) is 26.7 Å². The van der Waals surface area contributed by atoms with E-state index in [9.17, 15) is 14.0 Å². The Morgan fingerprint density at radius 1 is 1.05 bits per heavy atom. The molecule has 1 aromatic heterocycles. The fourth-order valence-corrected chi connectivity index (χ4v) is 6.19. The van der Waals surface area contributed by atoms with Gasteiger partial charge in [0.1, 0.15) is 5.82 Å². The van der Waals surface area contributed by atoms with Crippen LogP contribution in [0.15, 0.2) is 48.5 Å². The summed E-state index contributed by atoms with van der Waals surface area (Å²) < 4.78 is 20.4. The molecular formula is C29H29ClFN5O3. The molecule has 1 saturated heterocycles. The molecule has 0 spiro atoms. The number of carbonyl (C=O) groups excluding carboxylic acids is 2. The van der Waals surface area contributed by atoms with Gasteiger partial charge in [-0.2, -0.15) is 5.10 Å². The van der Waals surface area contributed by atoms with Crippen LogP contribution in [-0.4, -0.2) is 58.4 Å². The lowest BCUT2D eigenvalue weighted by Crippen LogP contribution is -2.42. The maximum atomic E-state index is 13.7. The standard InChI is InChI=1S/C29H29ClFN5O3/c1-39-29(38)34-14-21(13-18-5-9-23(31)10-6-18)27-25(17-34)26(32-36(27)24-11-7-22(30)8-12-24)28(37)33-35-15-19-3-2-4-20(19)16-35/h5-13,19-20H,2-4,14-17H2,1H3,(H,33,37)/b21-13+. The largest absolute Gasteiger partial charge is 0.453 e. The number of benzene rings is 2. The summed E-state index contributed by atoms with van der Waals surface area (Å²) in [5.41, 5.74) is 6.87. The van der Waals surface area contributed by atoms with Gasteiger partial charge in [0.2, 0.25) is 0 Å². The van der Waals surface area contributed by atoms with Crippen molar-refractivity contribution in [3.05, 3.63) is 81.9 Å². The minimum atomic E-state index is -0.511. The molecule has 1 saturated carbocycles. The summed E-state index contributed by atoms with van der Waals surface area (Å²) in [6.45, 7) is 2.05. The number of amides is 2. The average Bonchev–Trinajstić information content (AvgIpc) is 3.64. The Morgan fingerprint density at radius 3 is 2.41 bits per heavy atom. The normalized spacial score (nSPS) is 21.6. The monoisotopic (exact) mass is 549 g/mol. The van der Waals surface area contributed by atoms with Crippen LogP contribution in [-0.2, 0) is 11.3 Å². The van der Waals surface area contributed by atoms with Crippen LogP contribution in [0.2, 0.25) is 5.02 Å². The Hall–Kier alpha value is -3.69. The molecule has 2 atom stereocenters. The van der Waals surface area contributed by atoms with Gasteiger partial charge in [0.05, 0.1) is 31.6 Å². The Morgan fingerprint density at radius 2 is 1.74 bits per heavy atom. The van der Waals surface area contributed by atoms with Crippen LogP contribution in [0.25, 0.3) is 17.3 Å². The van der Waals surface area contributed by atoms with E-state index in [4.69, 9.17) is 21.4 Å². The number of nitrogens with one attached hydrogen (secondary N) is 1. The number of hydrogen-bond acceptors (Lipinski definition) is 5. The summed E-state index contributed by atoms with van der Waals surface area (Å²) >= 11 is 6.15. The third-order valence-electron chi connectivity index (χ3n) is 7.91. The van der Waals surface area contributed by atoms with E-state index in [-0.39, 0.29) is 30.5 Å². The van der Waals surface area contributed by atoms with Crippen molar-refractivity contribution >= 4 is 35.3 Å². The van der Waals surface area contributed by atoms with Gasteiger partial charge in [-0.25, -0.2) is 18.9 Å². The lowest BCUT2D eigenvalue weighted by Gasteiger charge is -2.29. The highest BCUT2D eigenvalue weighted by molar-refractivity contribution is 6.30. The van der Waals surface area contributed by atoms with Crippen molar-refractivity contribution in [2.45, 2.75) is 25.8 Å². The molecule has 8 nitrogen and oxygen atoms in total. The van der Waals surface area contributed by atoms with Crippen LogP contribution in [0.1, 0.15) is 46.6 Å². The molecule has 2 fully saturated rings. The molecule has 6 rings (SSSR count). The maximum Gasteiger partial charge on any atom is 0.410 e. The molecule has 0 bridgehead atoms. The van der Waals surface area contributed by atoms with Gasteiger partial charge in [0.25, 0.3) is 5.91 Å². The van der Waals surface area contributed by atoms with Gasteiger partial charge in [0, 0.05) is 23.7 Å². The molecule has 0 radical (unpaired) electrons. The van der Waals surface area contributed by atoms with E-state index in [0.717, 1.165) is 29.9 Å².